The second-order valence-corrected chi connectivity index (χ2v) is 4.03. The van der Waals surface area contributed by atoms with Crippen molar-refractivity contribution in [3.8, 4) is 0 Å². The molecule has 0 bridgehead atoms. The monoisotopic (exact) mass is 208 g/mol. The minimum Gasteiger partial charge on any atom is -0.122 e. The summed E-state index contributed by atoms with van der Waals surface area (Å²) in [5.41, 5.74) is 2.74. The lowest BCUT2D eigenvalue weighted by Gasteiger charge is -2.05. The third-order valence-electron chi connectivity index (χ3n) is 2.26. The van der Waals surface area contributed by atoms with Gasteiger partial charge in [0.2, 0.25) is 0 Å². The number of rotatable bonds is 4. The first-order chi connectivity index (χ1) is 6.74. The number of allylic oxidation sites excluding steroid dienone is 2. The lowest BCUT2D eigenvalue weighted by atomic mass is 10.0. The molecule has 0 unspecified atom stereocenters. The van der Waals surface area contributed by atoms with Crippen LogP contribution in [-0.4, -0.2) is 5.88 Å². The van der Waals surface area contributed by atoms with Gasteiger partial charge in [0.1, 0.15) is 0 Å². The molecule has 1 heteroatoms. The van der Waals surface area contributed by atoms with Crippen LogP contribution in [0.3, 0.4) is 0 Å². The Bertz CT molecular complexity index is 283. The number of benzene rings is 1. The molecule has 0 heterocycles. The lowest BCUT2D eigenvalue weighted by Crippen LogP contribution is -1.88. The highest BCUT2D eigenvalue weighted by Gasteiger charge is 1.97. The maximum absolute atomic E-state index is 5.55. The summed E-state index contributed by atoms with van der Waals surface area (Å²) < 4.78 is 0. The third kappa shape index (κ3) is 3.55. The molecule has 0 atom stereocenters. The van der Waals surface area contributed by atoms with Crippen molar-refractivity contribution in [2.75, 3.05) is 5.88 Å². The Morgan fingerprint density at radius 1 is 1.14 bits per heavy atom. The number of alkyl halides is 1. The molecule has 76 valence electrons. The van der Waals surface area contributed by atoms with E-state index < -0.39 is 0 Å². The molecule has 0 aliphatic carbocycles. The molecule has 0 N–H and O–H groups in total. The van der Waals surface area contributed by atoms with Gasteiger partial charge in [0.25, 0.3) is 0 Å². The van der Waals surface area contributed by atoms with E-state index in [4.69, 9.17) is 11.6 Å². The summed E-state index contributed by atoms with van der Waals surface area (Å²) in [5.74, 6) is 1.21. The largest absolute Gasteiger partial charge is 0.122 e. The topological polar surface area (TPSA) is 0 Å². The van der Waals surface area contributed by atoms with Gasteiger partial charge in [0.05, 0.1) is 0 Å². The Labute approximate surface area is 91.6 Å². The van der Waals surface area contributed by atoms with Crippen LogP contribution < -0.4 is 0 Å². The van der Waals surface area contributed by atoms with Crippen LogP contribution in [0.5, 0.6) is 0 Å². The maximum Gasteiger partial charge on any atom is 0.0404 e. The fourth-order valence-corrected chi connectivity index (χ4v) is 1.45. The maximum atomic E-state index is 5.55. The van der Waals surface area contributed by atoms with E-state index in [1.807, 2.05) is 6.08 Å². The predicted molar refractivity (Wildman–Crippen MR) is 64.1 cm³/mol. The first-order valence-electron chi connectivity index (χ1n) is 5.04. The van der Waals surface area contributed by atoms with Gasteiger partial charge >= 0.3 is 0 Å². The zero-order chi connectivity index (χ0) is 10.4. The molecular formula is C13H17Cl. The Kier molecular flexibility index (Phi) is 4.75. The van der Waals surface area contributed by atoms with E-state index in [9.17, 15) is 0 Å². The zero-order valence-electron chi connectivity index (χ0n) is 8.83. The van der Waals surface area contributed by atoms with Gasteiger partial charge in [0.15, 0.2) is 0 Å². The molecule has 1 aromatic carbocycles. The first-order valence-corrected chi connectivity index (χ1v) is 5.57. The Balaban J connectivity index is 2.59. The van der Waals surface area contributed by atoms with Crippen LogP contribution in [0, 0.1) is 0 Å². The molecule has 1 aromatic rings. The standard InChI is InChI=1S/C13H17Cl/c1-11(2)13-8-6-12(7-9-13)5-3-4-10-14/h3-4,6-9,11H,5,10H2,1-2H3/b4-3+. The van der Waals surface area contributed by atoms with E-state index in [2.05, 4.69) is 44.2 Å². The Hall–Kier alpha value is -0.750. The zero-order valence-corrected chi connectivity index (χ0v) is 9.59. The third-order valence-corrected chi connectivity index (χ3v) is 2.43. The molecule has 0 amide bonds. The van der Waals surface area contributed by atoms with Crippen molar-refractivity contribution in [2.45, 2.75) is 26.2 Å². The molecule has 0 aliphatic rings. The Morgan fingerprint density at radius 2 is 1.79 bits per heavy atom. The molecule has 0 radical (unpaired) electrons. The number of hydrogen-bond donors (Lipinski definition) is 0. The molecule has 0 saturated carbocycles. The van der Waals surface area contributed by atoms with Crippen molar-refractivity contribution in [2.24, 2.45) is 0 Å². The summed E-state index contributed by atoms with van der Waals surface area (Å²) in [6.07, 6.45) is 5.07. The van der Waals surface area contributed by atoms with Gasteiger partial charge in [-0.15, -0.1) is 11.6 Å². The molecule has 0 aromatic heterocycles. The molecular weight excluding hydrogens is 192 g/mol. The first kappa shape index (κ1) is 11.3. The average Bonchev–Trinajstić information content (AvgIpc) is 2.19. The molecule has 14 heavy (non-hydrogen) atoms. The second-order valence-electron chi connectivity index (χ2n) is 3.73. The van der Waals surface area contributed by atoms with Crippen LogP contribution in [0.2, 0.25) is 0 Å². The Morgan fingerprint density at radius 3 is 2.29 bits per heavy atom. The summed E-state index contributed by atoms with van der Waals surface area (Å²) in [6, 6.07) is 8.78. The lowest BCUT2D eigenvalue weighted by molar-refractivity contribution is 0.865. The highest BCUT2D eigenvalue weighted by atomic mass is 35.5. The smallest absolute Gasteiger partial charge is 0.0404 e. The van der Waals surface area contributed by atoms with Gasteiger partial charge in [-0.2, -0.15) is 0 Å². The molecule has 0 fully saturated rings. The van der Waals surface area contributed by atoms with Crippen molar-refractivity contribution < 1.29 is 0 Å². The fraction of sp³-hybridized carbons (Fsp3) is 0.385. The van der Waals surface area contributed by atoms with Crippen LogP contribution in [0.25, 0.3) is 0 Å². The normalized spacial score (nSPS) is 11.4. The quantitative estimate of drug-likeness (QED) is 0.515. The number of halogens is 1. The van der Waals surface area contributed by atoms with Crippen LogP contribution in [0.4, 0.5) is 0 Å². The van der Waals surface area contributed by atoms with E-state index in [1.54, 1.807) is 0 Å². The van der Waals surface area contributed by atoms with Crippen LogP contribution in [-0.2, 0) is 6.42 Å². The molecule has 1 rings (SSSR count). The highest BCUT2D eigenvalue weighted by Crippen LogP contribution is 2.14. The van der Waals surface area contributed by atoms with Gasteiger partial charge in [-0.25, -0.2) is 0 Å². The molecule has 0 saturated heterocycles. The van der Waals surface area contributed by atoms with E-state index in [-0.39, 0.29) is 0 Å². The van der Waals surface area contributed by atoms with Gasteiger partial charge < -0.3 is 0 Å². The van der Waals surface area contributed by atoms with Gasteiger partial charge in [-0.05, 0) is 23.5 Å². The summed E-state index contributed by atoms with van der Waals surface area (Å²) >= 11 is 5.55. The van der Waals surface area contributed by atoms with Crippen molar-refractivity contribution in [3.63, 3.8) is 0 Å². The van der Waals surface area contributed by atoms with Gasteiger partial charge in [-0.3, -0.25) is 0 Å². The number of hydrogen-bond acceptors (Lipinski definition) is 0. The van der Waals surface area contributed by atoms with E-state index in [0.29, 0.717) is 11.8 Å². The average molecular weight is 209 g/mol. The van der Waals surface area contributed by atoms with Gasteiger partial charge in [0, 0.05) is 5.88 Å². The van der Waals surface area contributed by atoms with Crippen molar-refractivity contribution in [3.05, 3.63) is 47.5 Å². The highest BCUT2D eigenvalue weighted by molar-refractivity contribution is 6.18. The molecule has 0 aliphatic heterocycles. The minimum absolute atomic E-state index is 0.601. The molecule has 0 spiro atoms. The summed E-state index contributed by atoms with van der Waals surface area (Å²) in [4.78, 5) is 0. The fourth-order valence-electron chi connectivity index (χ4n) is 1.32. The van der Waals surface area contributed by atoms with Gasteiger partial charge in [-0.1, -0.05) is 50.3 Å². The van der Waals surface area contributed by atoms with Crippen LogP contribution >= 0.6 is 11.6 Å². The minimum atomic E-state index is 0.601. The van der Waals surface area contributed by atoms with E-state index in [0.717, 1.165) is 6.42 Å². The SMILES string of the molecule is CC(C)c1ccc(C/C=C/CCl)cc1. The predicted octanol–water partition coefficient (Wildman–Crippen LogP) is 4.15. The molecule has 0 nitrogen and oxygen atoms in total. The van der Waals surface area contributed by atoms with Crippen molar-refractivity contribution in [1.82, 2.24) is 0 Å². The van der Waals surface area contributed by atoms with Crippen LogP contribution in [0.1, 0.15) is 30.9 Å². The summed E-state index contributed by atoms with van der Waals surface area (Å²) in [5, 5.41) is 0. The van der Waals surface area contributed by atoms with Crippen LogP contribution in [0.15, 0.2) is 36.4 Å². The summed E-state index contributed by atoms with van der Waals surface area (Å²) in [6.45, 7) is 4.42. The van der Waals surface area contributed by atoms with Crippen molar-refractivity contribution in [1.29, 1.82) is 0 Å². The van der Waals surface area contributed by atoms with Crippen molar-refractivity contribution >= 4 is 11.6 Å². The summed E-state index contributed by atoms with van der Waals surface area (Å²) in [7, 11) is 0. The van der Waals surface area contributed by atoms with E-state index in [1.165, 1.54) is 11.1 Å². The van der Waals surface area contributed by atoms with E-state index >= 15 is 0 Å². The second kappa shape index (κ2) is 5.87.